The van der Waals surface area contributed by atoms with Gasteiger partial charge in [-0.05, 0) is 31.4 Å². The van der Waals surface area contributed by atoms with E-state index >= 15 is 0 Å². The number of ether oxygens (including phenoxy) is 1. The van der Waals surface area contributed by atoms with E-state index in [1.807, 2.05) is 12.1 Å². The first-order chi connectivity index (χ1) is 11.5. The predicted molar refractivity (Wildman–Crippen MR) is 96.5 cm³/mol. The smallest absolute Gasteiger partial charge is 0.162 e. The molecule has 2 N–H and O–H groups in total. The van der Waals surface area contributed by atoms with Crippen molar-refractivity contribution in [2.45, 2.75) is 39.3 Å². The van der Waals surface area contributed by atoms with Crippen LogP contribution in [0.3, 0.4) is 0 Å². The topological polar surface area (TPSA) is 56.2 Å². The lowest BCUT2D eigenvalue weighted by atomic mass is 10.0. The third kappa shape index (κ3) is 5.10. The van der Waals surface area contributed by atoms with Gasteiger partial charge in [0.15, 0.2) is 11.5 Å². The molecule has 5 nitrogen and oxygen atoms in total. The fourth-order valence-electron chi connectivity index (χ4n) is 3.34. The minimum atomic E-state index is 0.223. The minimum absolute atomic E-state index is 0.223. The molecule has 1 aromatic rings. The summed E-state index contributed by atoms with van der Waals surface area (Å²) in [6.07, 6.45) is 2.00. The molecule has 1 atom stereocenters. The number of aliphatic hydroxyl groups is 1. The minimum Gasteiger partial charge on any atom is -0.504 e. The molecule has 2 rings (SSSR count). The van der Waals surface area contributed by atoms with Crippen molar-refractivity contribution >= 4 is 0 Å². The van der Waals surface area contributed by atoms with E-state index in [0.29, 0.717) is 24.3 Å². The average Bonchev–Trinajstić information content (AvgIpc) is 2.56. The molecular weight excluding hydrogens is 304 g/mol. The summed E-state index contributed by atoms with van der Waals surface area (Å²) < 4.78 is 5.20. The zero-order chi connectivity index (χ0) is 17.5. The van der Waals surface area contributed by atoms with E-state index in [2.05, 4.69) is 23.6 Å². The zero-order valence-corrected chi connectivity index (χ0v) is 15.2. The van der Waals surface area contributed by atoms with Crippen LogP contribution in [0.2, 0.25) is 0 Å². The number of methoxy groups -OCH3 is 1. The van der Waals surface area contributed by atoms with E-state index in [1.54, 1.807) is 13.2 Å². The van der Waals surface area contributed by atoms with E-state index in [0.717, 1.165) is 38.2 Å². The average molecular weight is 336 g/mol. The lowest BCUT2D eigenvalue weighted by Gasteiger charge is -2.41. The van der Waals surface area contributed by atoms with E-state index in [9.17, 15) is 10.2 Å². The molecule has 136 valence electrons. The lowest BCUT2D eigenvalue weighted by molar-refractivity contribution is 0.0520. The van der Waals surface area contributed by atoms with Gasteiger partial charge in [-0.3, -0.25) is 9.80 Å². The Morgan fingerprint density at radius 2 is 2.08 bits per heavy atom. The van der Waals surface area contributed by atoms with Crippen LogP contribution in [-0.2, 0) is 6.54 Å². The lowest BCUT2D eigenvalue weighted by Crippen LogP contribution is -2.53. The second-order valence-electron chi connectivity index (χ2n) is 7.09. The van der Waals surface area contributed by atoms with Crippen LogP contribution in [0, 0.1) is 5.92 Å². The second-order valence-corrected chi connectivity index (χ2v) is 7.09. The van der Waals surface area contributed by atoms with Gasteiger partial charge in [-0.1, -0.05) is 26.0 Å². The van der Waals surface area contributed by atoms with Crippen LogP contribution in [0.1, 0.15) is 32.3 Å². The van der Waals surface area contributed by atoms with Crippen LogP contribution in [0.5, 0.6) is 11.5 Å². The first-order valence-corrected chi connectivity index (χ1v) is 8.97. The maximum atomic E-state index is 10.3. The van der Waals surface area contributed by atoms with E-state index in [1.165, 1.54) is 6.42 Å². The molecule has 1 fully saturated rings. The number of benzene rings is 1. The number of hydrogen-bond acceptors (Lipinski definition) is 5. The van der Waals surface area contributed by atoms with E-state index in [4.69, 9.17) is 4.74 Å². The molecule has 5 heteroatoms. The fourth-order valence-corrected chi connectivity index (χ4v) is 3.34. The van der Waals surface area contributed by atoms with Crippen molar-refractivity contribution in [3.05, 3.63) is 23.8 Å². The van der Waals surface area contributed by atoms with Crippen LogP contribution in [0.15, 0.2) is 18.2 Å². The van der Waals surface area contributed by atoms with Gasteiger partial charge in [0, 0.05) is 44.4 Å². The third-order valence-electron chi connectivity index (χ3n) is 4.84. The van der Waals surface area contributed by atoms with Crippen molar-refractivity contribution in [3.8, 4) is 11.5 Å². The monoisotopic (exact) mass is 336 g/mol. The summed E-state index contributed by atoms with van der Waals surface area (Å²) in [6, 6.07) is 6.02. The molecule has 1 unspecified atom stereocenters. The highest BCUT2D eigenvalue weighted by Crippen LogP contribution is 2.30. The molecule has 24 heavy (non-hydrogen) atoms. The number of phenols is 1. The highest BCUT2D eigenvalue weighted by atomic mass is 16.5. The van der Waals surface area contributed by atoms with Gasteiger partial charge in [0.2, 0.25) is 0 Å². The summed E-state index contributed by atoms with van der Waals surface area (Å²) >= 11 is 0. The molecule has 0 aromatic heterocycles. The number of hydrogen-bond donors (Lipinski definition) is 2. The van der Waals surface area contributed by atoms with Crippen LogP contribution in [0.25, 0.3) is 0 Å². The van der Waals surface area contributed by atoms with Crippen molar-refractivity contribution in [1.82, 2.24) is 9.80 Å². The highest BCUT2D eigenvalue weighted by Gasteiger charge is 2.27. The van der Waals surface area contributed by atoms with Crippen LogP contribution < -0.4 is 4.74 Å². The first kappa shape index (κ1) is 19.0. The maximum absolute atomic E-state index is 10.3. The Morgan fingerprint density at radius 1 is 1.29 bits per heavy atom. The Kier molecular flexibility index (Phi) is 7.34. The number of aliphatic hydroxyl groups excluding tert-OH is 1. The number of piperazine rings is 1. The molecule has 0 saturated carbocycles. The van der Waals surface area contributed by atoms with Gasteiger partial charge < -0.3 is 14.9 Å². The van der Waals surface area contributed by atoms with Gasteiger partial charge in [0.05, 0.1) is 7.11 Å². The molecule has 0 radical (unpaired) electrons. The Labute approximate surface area is 145 Å². The molecule has 0 bridgehead atoms. The van der Waals surface area contributed by atoms with Crippen LogP contribution in [0.4, 0.5) is 0 Å². The molecule has 1 saturated heterocycles. The number of phenolic OH excluding ortho intramolecular Hbond substituents is 1. The van der Waals surface area contributed by atoms with Gasteiger partial charge >= 0.3 is 0 Å². The largest absolute Gasteiger partial charge is 0.504 e. The molecule has 1 heterocycles. The Morgan fingerprint density at radius 3 is 2.75 bits per heavy atom. The van der Waals surface area contributed by atoms with Gasteiger partial charge in [-0.25, -0.2) is 0 Å². The Balaban J connectivity index is 1.98. The molecule has 0 spiro atoms. The van der Waals surface area contributed by atoms with Gasteiger partial charge in [-0.15, -0.1) is 0 Å². The number of para-hydroxylation sites is 1. The number of rotatable bonds is 8. The van der Waals surface area contributed by atoms with Gasteiger partial charge in [-0.2, -0.15) is 0 Å². The summed E-state index contributed by atoms with van der Waals surface area (Å²) in [6.45, 7) is 9.46. The molecule has 1 aromatic carbocycles. The van der Waals surface area contributed by atoms with Crippen LogP contribution in [-0.4, -0.2) is 66.0 Å². The maximum Gasteiger partial charge on any atom is 0.162 e. The normalized spacial score (nSPS) is 19.8. The standard InChI is InChI=1S/C19H32N2O3/c1-15(2)7-9-21-11-10-20(14-17(21)8-12-22)13-16-5-4-6-18(24-3)19(16)23/h4-6,15,17,22-23H,7-14H2,1-3H3. The number of nitrogens with zero attached hydrogens (tertiary/aromatic N) is 2. The van der Waals surface area contributed by atoms with Gasteiger partial charge in [0.25, 0.3) is 0 Å². The van der Waals surface area contributed by atoms with E-state index < -0.39 is 0 Å². The number of aromatic hydroxyl groups is 1. The zero-order valence-electron chi connectivity index (χ0n) is 15.2. The predicted octanol–water partition coefficient (Wildman–Crippen LogP) is 2.32. The molecule has 1 aliphatic heterocycles. The fraction of sp³-hybridized carbons (Fsp3) is 0.684. The van der Waals surface area contributed by atoms with Crippen molar-refractivity contribution < 1.29 is 14.9 Å². The molecular formula is C19H32N2O3. The summed E-state index contributed by atoms with van der Waals surface area (Å²) in [7, 11) is 1.57. The van der Waals surface area contributed by atoms with Gasteiger partial charge in [0.1, 0.15) is 0 Å². The summed E-state index contributed by atoms with van der Waals surface area (Å²) in [5.41, 5.74) is 0.896. The van der Waals surface area contributed by atoms with Crippen molar-refractivity contribution in [2.24, 2.45) is 5.92 Å². The van der Waals surface area contributed by atoms with Crippen molar-refractivity contribution in [1.29, 1.82) is 0 Å². The summed E-state index contributed by atoms with van der Waals surface area (Å²) in [5.74, 6) is 1.46. The Hall–Kier alpha value is -1.30. The Bertz CT molecular complexity index is 507. The second kappa shape index (κ2) is 9.25. The van der Waals surface area contributed by atoms with E-state index in [-0.39, 0.29) is 12.4 Å². The first-order valence-electron chi connectivity index (χ1n) is 8.97. The highest BCUT2D eigenvalue weighted by molar-refractivity contribution is 5.45. The third-order valence-corrected chi connectivity index (χ3v) is 4.84. The summed E-state index contributed by atoms with van der Waals surface area (Å²) in [5, 5.41) is 19.7. The molecule has 0 aliphatic carbocycles. The van der Waals surface area contributed by atoms with Crippen molar-refractivity contribution in [2.75, 3.05) is 39.9 Å². The van der Waals surface area contributed by atoms with Crippen molar-refractivity contribution in [3.63, 3.8) is 0 Å². The quantitative estimate of drug-likeness (QED) is 0.763. The SMILES string of the molecule is COc1cccc(CN2CCN(CCC(C)C)C(CCO)C2)c1O. The molecule has 0 amide bonds. The molecule has 1 aliphatic rings. The summed E-state index contributed by atoms with van der Waals surface area (Å²) in [4.78, 5) is 4.87. The van der Waals surface area contributed by atoms with Crippen LogP contribution >= 0.6 is 0 Å².